The van der Waals surface area contributed by atoms with Crippen molar-refractivity contribution in [2.75, 3.05) is 7.11 Å². The summed E-state index contributed by atoms with van der Waals surface area (Å²) >= 11 is 0. The van der Waals surface area contributed by atoms with Crippen LogP contribution in [0.4, 0.5) is 0 Å². The van der Waals surface area contributed by atoms with E-state index in [1.807, 2.05) is 18.2 Å². The van der Waals surface area contributed by atoms with E-state index in [0.717, 1.165) is 17.9 Å². The van der Waals surface area contributed by atoms with Crippen LogP contribution in [0.1, 0.15) is 5.56 Å². The molecule has 132 valence electrons. The first kappa shape index (κ1) is 15.6. The van der Waals surface area contributed by atoms with Crippen molar-refractivity contribution >= 4 is 21.8 Å². The highest BCUT2D eigenvalue weighted by Gasteiger charge is 2.13. The molecule has 0 bridgehead atoms. The number of ether oxygens (including phenoxy) is 1. The molecule has 0 atom stereocenters. The minimum Gasteiger partial charge on any atom is -0.497 e. The maximum atomic E-state index is 5.37. The Labute approximate surface area is 155 Å². The highest BCUT2D eigenvalue weighted by Crippen LogP contribution is 2.32. The van der Waals surface area contributed by atoms with Gasteiger partial charge in [-0.2, -0.15) is 5.21 Å². The Balaban J connectivity index is 1.70. The summed E-state index contributed by atoms with van der Waals surface area (Å²) in [5, 5.41) is 16.8. The molecule has 5 aromatic rings. The Hall–Kier alpha value is -3.67. The van der Waals surface area contributed by atoms with Crippen LogP contribution in [0.25, 0.3) is 33.2 Å². The van der Waals surface area contributed by atoms with E-state index in [-0.39, 0.29) is 0 Å². The molecule has 2 aromatic heterocycles. The fraction of sp³-hybridized carbons (Fsp3) is 0.0952. The molecule has 27 heavy (non-hydrogen) atoms. The zero-order valence-electron chi connectivity index (χ0n) is 14.8. The fourth-order valence-corrected chi connectivity index (χ4v) is 3.60. The molecule has 6 nitrogen and oxygen atoms in total. The number of benzene rings is 3. The van der Waals surface area contributed by atoms with E-state index in [1.165, 1.54) is 27.4 Å². The molecule has 0 saturated carbocycles. The molecular formula is C21H17N5O. The van der Waals surface area contributed by atoms with Gasteiger partial charge >= 0.3 is 0 Å². The molecule has 0 amide bonds. The predicted molar refractivity (Wildman–Crippen MR) is 105 cm³/mol. The van der Waals surface area contributed by atoms with Crippen LogP contribution in [0.3, 0.4) is 0 Å². The highest BCUT2D eigenvalue weighted by atomic mass is 16.5. The van der Waals surface area contributed by atoms with Crippen LogP contribution in [-0.4, -0.2) is 32.3 Å². The molecule has 0 saturated heterocycles. The number of nitrogens with one attached hydrogen (secondary N) is 1. The van der Waals surface area contributed by atoms with Gasteiger partial charge in [-0.05, 0) is 47.2 Å². The van der Waals surface area contributed by atoms with E-state index < -0.39 is 0 Å². The Kier molecular flexibility index (Phi) is 3.60. The second-order valence-corrected chi connectivity index (χ2v) is 6.42. The molecule has 2 heterocycles. The summed E-state index contributed by atoms with van der Waals surface area (Å²) in [7, 11) is 1.69. The van der Waals surface area contributed by atoms with E-state index in [1.54, 1.807) is 7.11 Å². The highest BCUT2D eigenvalue weighted by molar-refractivity contribution is 6.09. The number of aromatic amines is 1. The zero-order chi connectivity index (χ0) is 18.2. The predicted octanol–water partition coefficient (Wildman–Crippen LogP) is 4.03. The number of rotatable bonds is 4. The van der Waals surface area contributed by atoms with Crippen molar-refractivity contribution in [1.82, 2.24) is 25.2 Å². The van der Waals surface area contributed by atoms with Crippen LogP contribution in [0.5, 0.6) is 5.75 Å². The monoisotopic (exact) mass is 355 g/mol. The average molecular weight is 355 g/mol. The minimum absolute atomic E-state index is 0.599. The van der Waals surface area contributed by atoms with Crippen LogP contribution in [-0.2, 0) is 6.54 Å². The second kappa shape index (κ2) is 6.25. The third-order valence-electron chi connectivity index (χ3n) is 4.85. The molecule has 0 aliphatic heterocycles. The SMILES string of the molecule is COc1cccc(Cn2c3ccccc3c3cc(-c4nn[nH]n4)ccc32)c1. The van der Waals surface area contributed by atoms with Crippen molar-refractivity contribution in [3.05, 3.63) is 72.3 Å². The van der Waals surface area contributed by atoms with Gasteiger partial charge in [0, 0.05) is 33.9 Å². The first-order chi connectivity index (χ1) is 13.3. The van der Waals surface area contributed by atoms with Gasteiger partial charge in [-0.25, -0.2) is 0 Å². The van der Waals surface area contributed by atoms with E-state index in [4.69, 9.17) is 4.74 Å². The van der Waals surface area contributed by atoms with Crippen molar-refractivity contribution < 1.29 is 4.74 Å². The summed E-state index contributed by atoms with van der Waals surface area (Å²) in [4.78, 5) is 0. The molecule has 0 aliphatic carbocycles. The number of H-pyrrole nitrogens is 1. The summed E-state index contributed by atoms with van der Waals surface area (Å²) in [6, 6.07) is 22.9. The largest absolute Gasteiger partial charge is 0.497 e. The lowest BCUT2D eigenvalue weighted by Crippen LogP contribution is -1.99. The lowest BCUT2D eigenvalue weighted by Gasteiger charge is -2.09. The summed E-state index contributed by atoms with van der Waals surface area (Å²) in [6.45, 7) is 0.767. The van der Waals surface area contributed by atoms with Crippen LogP contribution in [0.15, 0.2) is 66.7 Å². The summed E-state index contributed by atoms with van der Waals surface area (Å²) in [5.41, 5.74) is 4.51. The van der Waals surface area contributed by atoms with Gasteiger partial charge in [0.05, 0.1) is 7.11 Å². The Morgan fingerprint density at radius 3 is 2.67 bits per heavy atom. The van der Waals surface area contributed by atoms with Gasteiger partial charge in [0.25, 0.3) is 0 Å². The minimum atomic E-state index is 0.599. The lowest BCUT2D eigenvalue weighted by atomic mass is 10.1. The third-order valence-corrected chi connectivity index (χ3v) is 4.85. The van der Waals surface area contributed by atoms with E-state index in [0.29, 0.717) is 5.82 Å². The van der Waals surface area contributed by atoms with Crippen molar-refractivity contribution in [3.8, 4) is 17.1 Å². The fourth-order valence-electron chi connectivity index (χ4n) is 3.60. The van der Waals surface area contributed by atoms with Gasteiger partial charge in [-0.1, -0.05) is 30.3 Å². The molecule has 0 unspecified atom stereocenters. The standard InChI is InChI=1S/C21H17N5O/c1-27-16-6-4-5-14(11-16)13-26-19-8-3-2-7-17(19)18-12-15(9-10-20(18)26)21-22-24-25-23-21/h2-12H,13H2,1H3,(H,22,23,24,25). The lowest BCUT2D eigenvalue weighted by molar-refractivity contribution is 0.414. The molecule has 0 spiro atoms. The smallest absolute Gasteiger partial charge is 0.204 e. The van der Waals surface area contributed by atoms with E-state index >= 15 is 0 Å². The molecule has 0 aliphatic rings. The maximum absolute atomic E-state index is 5.37. The summed E-state index contributed by atoms with van der Waals surface area (Å²) in [6.07, 6.45) is 0. The second-order valence-electron chi connectivity index (χ2n) is 6.42. The zero-order valence-corrected chi connectivity index (χ0v) is 14.8. The topological polar surface area (TPSA) is 68.6 Å². The molecular weight excluding hydrogens is 338 g/mol. The van der Waals surface area contributed by atoms with Crippen molar-refractivity contribution in [3.63, 3.8) is 0 Å². The third kappa shape index (κ3) is 2.62. The van der Waals surface area contributed by atoms with Crippen LogP contribution >= 0.6 is 0 Å². The van der Waals surface area contributed by atoms with Crippen LogP contribution < -0.4 is 4.74 Å². The number of hydrogen-bond donors (Lipinski definition) is 1. The maximum Gasteiger partial charge on any atom is 0.204 e. The molecule has 1 N–H and O–H groups in total. The number of hydrogen-bond acceptors (Lipinski definition) is 4. The Morgan fingerprint density at radius 1 is 0.926 bits per heavy atom. The molecule has 3 aromatic carbocycles. The number of nitrogens with zero attached hydrogens (tertiary/aromatic N) is 4. The molecule has 5 rings (SSSR count). The van der Waals surface area contributed by atoms with Gasteiger partial charge in [0.1, 0.15) is 5.75 Å². The number of para-hydroxylation sites is 1. The summed E-state index contributed by atoms with van der Waals surface area (Å²) < 4.78 is 7.71. The van der Waals surface area contributed by atoms with E-state index in [9.17, 15) is 0 Å². The van der Waals surface area contributed by atoms with Crippen molar-refractivity contribution in [2.24, 2.45) is 0 Å². The quantitative estimate of drug-likeness (QED) is 0.528. The van der Waals surface area contributed by atoms with Gasteiger partial charge in [0.15, 0.2) is 0 Å². The molecule has 6 heteroatoms. The van der Waals surface area contributed by atoms with Crippen molar-refractivity contribution in [1.29, 1.82) is 0 Å². The average Bonchev–Trinajstić information content (AvgIpc) is 3.36. The van der Waals surface area contributed by atoms with Crippen LogP contribution in [0.2, 0.25) is 0 Å². The first-order valence-corrected chi connectivity index (χ1v) is 8.71. The number of aromatic nitrogens is 5. The van der Waals surface area contributed by atoms with Gasteiger partial charge in [-0.3, -0.25) is 0 Å². The number of tetrazole rings is 1. The summed E-state index contributed by atoms with van der Waals surface area (Å²) in [5.74, 6) is 1.47. The Bertz CT molecular complexity index is 1240. The van der Waals surface area contributed by atoms with Gasteiger partial charge in [0.2, 0.25) is 5.82 Å². The first-order valence-electron chi connectivity index (χ1n) is 8.71. The van der Waals surface area contributed by atoms with E-state index in [2.05, 4.69) is 73.7 Å². The van der Waals surface area contributed by atoms with Gasteiger partial charge < -0.3 is 9.30 Å². The normalized spacial score (nSPS) is 11.3. The number of methoxy groups -OCH3 is 1. The molecule has 0 fully saturated rings. The van der Waals surface area contributed by atoms with Crippen LogP contribution in [0, 0.1) is 0 Å². The van der Waals surface area contributed by atoms with Crippen molar-refractivity contribution in [2.45, 2.75) is 6.54 Å². The van der Waals surface area contributed by atoms with Gasteiger partial charge in [-0.15, -0.1) is 10.2 Å². The Morgan fingerprint density at radius 2 is 1.81 bits per heavy atom. The molecule has 0 radical (unpaired) electrons. The number of fused-ring (bicyclic) bond motifs is 3.